The smallest absolute Gasteiger partial charge is 0.0541 e. The first-order chi connectivity index (χ1) is 13.3. The summed E-state index contributed by atoms with van der Waals surface area (Å²) in [7, 11) is 0. The molecule has 0 atom stereocenters. The number of nitrogens with zero attached hydrogens (tertiary/aromatic N) is 2. The summed E-state index contributed by atoms with van der Waals surface area (Å²) >= 11 is 3.59. The summed E-state index contributed by atoms with van der Waals surface area (Å²) < 4.78 is 3.40. The standard InChI is InChI=1S/C24H17BrN2/c25-22-16-26-14-13-18(22)15-17-9-11-19(12-10-17)27-23-7-3-1-5-20(23)21-6-2-4-8-24(21)27/h1-14,16H,15H2. The number of rotatable bonds is 3. The molecule has 0 spiro atoms. The van der Waals surface area contributed by atoms with Gasteiger partial charge in [-0.15, -0.1) is 0 Å². The van der Waals surface area contributed by atoms with Crippen molar-refractivity contribution in [2.45, 2.75) is 6.42 Å². The van der Waals surface area contributed by atoms with Crippen molar-refractivity contribution in [2.24, 2.45) is 0 Å². The van der Waals surface area contributed by atoms with Gasteiger partial charge in [0.25, 0.3) is 0 Å². The Morgan fingerprint density at radius 2 is 1.37 bits per heavy atom. The van der Waals surface area contributed by atoms with Gasteiger partial charge in [-0.25, -0.2) is 0 Å². The number of benzene rings is 3. The molecule has 0 saturated heterocycles. The van der Waals surface area contributed by atoms with Gasteiger partial charge < -0.3 is 4.57 Å². The number of hydrogen-bond donors (Lipinski definition) is 0. The number of para-hydroxylation sites is 2. The Hall–Kier alpha value is -2.91. The topological polar surface area (TPSA) is 17.8 Å². The molecule has 0 radical (unpaired) electrons. The molecular weight excluding hydrogens is 396 g/mol. The number of halogens is 1. The van der Waals surface area contributed by atoms with E-state index in [1.165, 1.54) is 38.6 Å². The lowest BCUT2D eigenvalue weighted by atomic mass is 10.1. The molecule has 0 aliphatic carbocycles. The molecule has 0 bridgehead atoms. The molecule has 27 heavy (non-hydrogen) atoms. The molecule has 0 amide bonds. The monoisotopic (exact) mass is 412 g/mol. The van der Waals surface area contributed by atoms with Crippen LogP contribution in [0.25, 0.3) is 27.5 Å². The van der Waals surface area contributed by atoms with Crippen LogP contribution >= 0.6 is 15.9 Å². The Bertz CT molecular complexity index is 1200. The van der Waals surface area contributed by atoms with Crippen molar-refractivity contribution in [3.8, 4) is 5.69 Å². The highest BCUT2D eigenvalue weighted by molar-refractivity contribution is 9.10. The molecule has 0 N–H and O–H groups in total. The lowest BCUT2D eigenvalue weighted by Crippen LogP contribution is -1.95. The molecular formula is C24H17BrN2. The van der Waals surface area contributed by atoms with Crippen LogP contribution in [0.15, 0.2) is 95.7 Å². The molecule has 0 aliphatic heterocycles. The van der Waals surface area contributed by atoms with Crippen molar-refractivity contribution >= 4 is 37.7 Å². The third kappa shape index (κ3) is 2.84. The Morgan fingerprint density at radius 1 is 0.741 bits per heavy atom. The van der Waals surface area contributed by atoms with E-state index in [4.69, 9.17) is 0 Å². The minimum Gasteiger partial charge on any atom is -0.309 e. The fraction of sp³-hybridized carbons (Fsp3) is 0.0417. The van der Waals surface area contributed by atoms with Gasteiger partial charge >= 0.3 is 0 Å². The molecule has 2 aromatic heterocycles. The summed E-state index contributed by atoms with van der Waals surface area (Å²) in [5.74, 6) is 0. The molecule has 0 unspecified atom stereocenters. The maximum Gasteiger partial charge on any atom is 0.0541 e. The highest BCUT2D eigenvalue weighted by Crippen LogP contribution is 2.31. The number of pyridine rings is 1. The molecule has 3 aromatic carbocycles. The van der Waals surface area contributed by atoms with Gasteiger partial charge in [0.2, 0.25) is 0 Å². The van der Waals surface area contributed by atoms with Gasteiger partial charge in [-0.2, -0.15) is 0 Å². The molecule has 2 heterocycles. The predicted octanol–water partition coefficient (Wildman–Crippen LogP) is 6.53. The first-order valence-corrected chi connectivity index (χ1v) is 9.76. The van der Waals surface area contributed by atoms with Crippen LogP contribution in [0.1, 0.15) is 11.1 Å². The van der Waals surface area contributed by atoms with Gasteiger partial charge in [0.15, 0.2) is 0 Å². The summed E-state index contributed by atoms with van der Waals surface area (Å²) in [6, 6.07) is 28.1. The molecule has 3 heteroatoms. The largest absolute Gasteiger partial charge is 0.309 e. The first-order valence-electron chi connectivity index (χ1n) is 8.97. The van der Waals surface area contributed by atoms with Crippen LogP contribution in [0.4, 0.5) is 0 Å². The zero-order valence-electron chi connectivity index (χ0n) is 14.6. The van der Waals surface area contributed by atoms with Gasteiger partial charge in [0.05, 0.1) is 11.0 Å². The van der Waals surface area contributed by atoms with E-state index in [-0.39, 0.29) is 0 Å². The summed E-state index contributed by atoms with van der Waals surface area (Å²) in [4.78, 5) is 4.14. The number of fused-ring (bicyclic) bond motifs is 3. The average molecular weight is 413 g/mol. The van der Waals surface area contributed by atoms with Crippen LogP contribution in [0.2, 0.25) is 0 Å². The zero-order valence-corrected chi connectivity index (χ0v) is 16.2. The highest BCUT2D eigenvalue weighted by Gasteiger charge is 2.11. The lowest BCUT2D eigenvalue weighted by Gasteiger charge is -2.09. The van der Waals surface area contributed by atoms with E-state index in [2.05, 4.69) is 104 Å². The van der Waals surface area contributed by atoms with Crippen LogP contribution in [-0.2, 0) is 6.42 Å². The predicted molar refractivity (Wildman–Crippen MR) is 116 cm³/mol. The first kappa shape index (κ1) is 16.3. The minimum atomic E-state index is 0.885. The Balaban J connectivity index is 1.60. The Morgan fingerprint density at radius 3 is 2.00 bits per heavy atom. The summed E-state index contributed by atoms with van der Waals surface area (Å²) in [5.41, 5.74) is 6.19. The normalized spacial score (nSPS) is 11.3. The Labute approximate surface area is 166 Å². The van der Waals surface area contributed by atoms with E-state index in [0.717, 1.165) is 10.9 Å². The maximum atomic E-state index is 4.14. The second kappa shape index (κ2) is 6.67. The Kier molecular flexibility index (Phi) is 4.02. The van der Waals surface area contributed by atoms with Crippen molar-refractivity contribution in [1.29, 1.82) is 0 Å². The fourth-order valence-corrected chi connectivity index (χ4v) is 4.12. The van der Waals surface area contributed by atoms with Gasteiger partial charge in [-0.05, 0) is 63.8 Å². The van der Waals surface area contributed by atoms with Crippen LogP contribution in [0.5, 0.6) is 0 Å². The molecule has 0 saturated carbocycles. The van der Waals surface area contributed by atoms with E-state index in [1.54, 1.807) is 0 Å². The summed E-state index contributed by atoms with van der Waals surface area (Å²) in [6.45, 7) is 0. The number of aromatic nitrogens is 2. The van der Waals surface area contributed by atoms with Crippen molar-refractivity contribution < 1.29 is 0 Å². The molecule has 5 aromatic rings. The summed E-state index contributed by atoms with van der Waals surface area (Å²) in [5, 5.41) is 2.58. The number of hydrogen-bond acceptors (Lipinski definition) is 1. The van der Waals surface area contributed by atoms with Gasteiger partial charge in [0.1, 0.15) is 0 Å². The highest BCUT2D eigenvalue weighted by atomic mass is 79.9. The molecule has 0 fully saturated rings. The molecule has 130 valence electrons. The lowest BCUT2D eigenvalue weighted by molar-refractivity contribution is 1.13. The second-order valence-electron chi connectivity index (χ2n) is 6.68. The van der Waals surface area contributed by atoms with E-state index in [1.807, 2.05) is 12.4 Å². The van der Waals surface area contributed by atoms with Crippen molar-refractivity contribution in [1.82, 2.24) is 9.55 Å². The fourth-order valence-electron chi connectivity index (χ4n) is 3.73. The SMILES string of the molecule is Brc1cnccc1Cc1ccc(-n2c3ccccc3c3ccccc32)cc1. The second-order valence-corrected chi connectivity index (χ2v) is 7.53. The van der Waals surface area contributed by atoms with E-state index < -0.39 is 0 Å². The van der Waals surface area contributed by atoms with Gasteiger partial charge in [0, 0.05) is 33.3 Å². The van der Waals surface area contributed by atoms with E-state index >= 15 is 0 Å². The van der Waals surface area contributed by atoms with Crippen molar-refractivity contribution in [3.63, 3.8) is 0 Å². The maximum absolute atomic E-state index is 4.14. The molecule has 2 nitrogen and oxygen atoms in total. The van der Waals surface area contributed by atoms with E-state index in [0.29, 0.717) is 0 Å². The van der Waals surface area contributed by atoms with Crippen LogP contribution < -0.4 is 0 Å². The van der Waals surface area contributed by atoms with Crippen LogP contribution in [0.3, 0.4) is 0 Å². The molecule has 5 rings (SSSR count). The van der Waals surface area contributed by atoms with Crippen molar-refractivity contribution in [3.05, 3.63) is 107 Å². The third-order valence-electron chi connectivity index (χ3n) is 5.03. The van der Waals surface area contributed by atoms with Gasteiger partial charge in [-0.1, -0.05) is 48.5 Å². The van der Waals surface area contributed by atoms with Gasteiger partial charge in [-0.3, -0.25) is 4.98 Å². The van der Waals surface area contributed by atoms with E-state index in [9.17, 15) is 0 Å². The molecule has 0 aliphatic rings. The average Bonchev–Trinajstić information content (AvgIpc) is 3.05. The third-order valence-corrected chi connectivity index (χ3v) is 5.74. The minimum absolute atomic E-state index is 0.885. The van der Waals surface area contributed by atoms with Crippen LogP contribution in [-0.4, -0.2) is 9.55 Å². The van der Waals surface area contributed by atoms with Crippen molar-refractivity contribution in [2.75, 3.05) is 0 Å². The van der Waals surface area contributed by atoms with Crippen LogP contribution in [0, 0.1) is 0 Å². The quantitative estimate of drug-likeness (QED) is 0.329. The zero-order chi connectivity index (χ0) is 18.2. The summed E-state index contributed by atoms with van der Waals surface area (Å²) in [6.07, 6.45) is 4.57.